The van der Waals surface area contributed by atoms with E-state index in [1.807, 2.05) is 52.0 Å². The second kappa shape index (κ2) is 13.9. The molecular formula is C30H43NO9. The second-order valence-electron chi connectivity index (χ2n) is 10.9. The molecule has 0 aromatic heterocycles. The number of rotatable bonds is 7. The van der Waals surface area contributed by atoms with E-state index in [0.29, 0.717) is 30.1 Å². The van der Waals surface area contributed by atoms with Crippen LogP contribution in [0.15, 0.2) is 30.4 Å². The Hall–Kier alpha value is -2.47. The summed E-state index contributed by atoms with van der Waals surface area (Å²) in [5, 5.41) is 10.9. The van der Waals surface area contributed by atoms with Crippen LogP contribution >= 0.6 is 0 Å². The van der Waals surface area contributed by atoms with Crippen molar-refractivity contribution in [1.29, 1.82) is 0 Å². The molecule has 3 heterocycles. The van der Waals surface area contributed by atoms with Gasteiger partial charge in [0, 0.05) is 38.7 Å². The van der Waals surface area contributed by atoms with Crippen molar-refractivity contribution < 1.29 is 43.1 Å². The van der Waals surface area contributed by atoms with Crippen LogP contribution in [0.2, 0.25) is 0 Å². The zero-order valence-electron chi connectivity index (χ0n) is 24.2. The van der Waals surface area contributed by atoms with Crippen LogP contribution < -0.4 is 9.47 Å². The van der Waals surface area contributed by atoms with Crippen LogP contribution in [0.3, 0.4) is 0 Å². The molecule has 4 rings (SSSR count). The molecule has 10 nitrogen and oxygen atoms in total. The average Bonchev–Trinajstić information content (AvgIpc) is 3.24. The molecule has 4 unspecified atom stereocenters. The van der Waals surface area contributed by atoms with Crippen LogP contribution in [0.4, 0.5) is 0 Å². The molecule has 0 spiro atoms. The minimum Gasteiger partial charge on any atom is -0.492 e. The van der Waals surface area contributed by atoms with Gasteiger partial charge in [0.05, 0.1) is 19.3 Å². The van der Waals surface area contributed by atoms with Gasteiger partial charge in [0.25, 0.3) is 0 Å². The predicted octanol–water partition coefficient (Wildman–Crippen LogP) is 3.42. The fraction of sp³-hybridized carbons (Fsp3) is 0.633. The van der Waals surface area contributed by atoms with E-state index < -0.39 is 30.1 Å². The molecule has 1 aromatic carbocycles. The number of aliphatic hydroxyl groups excluding tert-OH is 1. The fourth-order valence-corrected chi connectivity index (χ4v) is 4.95. The number of benzene rings is 1. The molecule has 0 amide bonds. The largest absolute Gasteiger partial charge is 0.492 e. The zero-order valence-corrected chi connectivity index (χ0v) is 24.2. The Labute approximate surface area is 236 Å². The van der Waals surface area contributed by atoms with Crippen molar-refractivity contribution in [3.05, 3.63) is 41.5 Å². The van der Waals surface area contributed by atoms with Crippen molar-refractivity contribution in [2.24, 2.45) is 5.92 Å². The summed E-state index contributed by atoms with van der Waals surface area (Å²) in [6.45, 7) is 11.8. The third-order valence-electron chi connectivity index (χ3n) is 7.29. The second-order valence-corrected chi connectivity index (χ2v) is 10.9. The maximum Gasteiger partial charge on any atom is 0.342 e. The van der Waals surface area contributed by atoms with Gasteiger partial charge in [0.2, 0.25) is 0 Å². The van der Waals surface area contributed by atoms with E-state index in [1.54, 1.807) is 12.1 Å². The lowest BCUT2D eigenvalue weighted by atomic mass is 9.99. The summed E-state index contributed by atoms with van der Waals surface area (Å²) in [4.78, 5) is 15.8. The summed E-state index contributed by atoms with van der Waals surface area (Å²) >= 11 is 0. The van der Waals surface area contributed by atoms with Crippen molar-refractivity contribution in [2.75, 3.05) is 53.4 Å². The Kier molecular flexibility index (Phi) is 10.6. The highest BCUT2D eigenvalue weighted by Crippen LogP contribution is 2.35. The number of carbonyl (C=O) groups excluding carboxylic acids is 1. The number of hydrogen-bond donors (Lipinski definition) is 1. The Morgan fingerprint density at radius 1 is 1.10 bits per heavy atom. The van der Waals surface area contributed by atoms with Crippen LogP contribution in [0, 0.1) is 5.92 Å². The van der Waals surface area contributed by atoms with Crippen LogP contribution in [0.5, 0.6) is 11.5 Å². The molecule has 3 aliphatic heterocycles. The third-order valence-corrected chi connectivity index (χ3v) is 7.29. The first-order chi connectivity index (χ1) is 19.2. The molecule has 3 aliphatic rings. The van der Waals surface area contributed by atoms with Gasteiger partial charge in [0.1, 0.15) is 42.0 Å². The van der Waals surface area contributed by atoms with Gasteiger partial charge in [-0.2, -0.15) is 0 Å². The van der Waals surface area contributed by atoms with Gasteiger partial charge in [-0.25, -0.2) is 4.79 Å². The third kappa shape index (κ3) is 8.05. The number of hydrogen-bond acceptors (Lipinski definition) is 10. The summed E-state index contributed by atoms with van der Waals surface area (Å²) in [5.74, 6) is -0.635. The number of cyclic esters (lactones) is 1. The quantitative estimate of drug-likeness (QED) is 0.303. The summed E-state index contributed by atoms with van der Waals surface area (Å²) in [6.07, 6.45) is 5.45. The lowest BCUT2D eigenvalue weighted by molar-refractivity contribution is -0.152. The minimum atomic E-state index is -0.874. The summed E-state index contributed by atoms with van der Waals surface area (Å²) < 4.78 is 40.5. The molecule has 222 valence electrons. The Bertz CT molecular complexity index is 1050. The van der Waals surface area contributed by atoms with Gasteiger partial charge < -0.3 is 38.3 Å². The number of ether oxygens (including phenoxy) is 7. The van der Waals surface area contributed by atoms with Crippen LogP contribution in [-0.2, 0) is 23.7 Å². The van der Waals surface area contributed by atoms with Crippen molar-refractivity contribution >= 4 is 12.0 Å². The molecule has 5 atom stereocenters. The van der Waals surface area contributed by atoms with Crippen LogP contribution in [0.1, 0.15) is 50.0 Å². The number of morpholine rings is 1. The van der Waals surface area contributed by atoms with Gasteiger partial charge in [-0.15, -0.1) is 0 Å². The molecule has 0 aliphatic carbocycles. The number of aliphatic hydroxyl groups is 1. The van der Waals surface area contributed by atoms with E-state index in [2.05, 4.69) is 4.90 Å². The van der Waals surface area contributed by atoms with Crippen LogP contribution in [0.25, 0.3) is 6.08 Å². The van der Waals surface area contributed by atoms with Crippen molar-refractivity contribution in [3.63, 3.8) is 0 Å². The Morgan fingerprint density at radius 2 is 1.88 bits per heavy atom. The van der Waals surface area contributed by atoms with E-state index in [9.17, 15) is 9.90 Å². The normalized spacial score (nSPS) is 30.1. The van der Waals surface area contributed by atoms with Gasteiger partial charge in [0.15, 0.2) is 12.6 Å². The number of fused-ring (bicyclic) bond motifs is 2. The van der Waals surface area contributed by atoms with Crippen molar-refractivity contribution in [3.8, 4) is 11.5 Å². The number of methoxy groups -OCH3 is 1. The maximum absolute atomic E-state index is 13.5. The Morgan fingerprint density at radius 3 is 2.62 bits per heavy atom. The van der Waals surface area contributed by atoms with E-state index in [4.69, 9.17) is 33.2 Å². The molecule has 0 radical (unpaired) electrons. The molecular weight excluding hydrogens is 518 g/mol. The van der Waals surface area contributed by atoms with Crippen molar-refractivity contribution in [2.45, 2.75) is 64.3 Å². The highest BCUT2D eigenvalue weighted by molar-refractivity contribution is 5.97. The van der Waals surface area contributed by atoms with E-state index in [0.717, 1.165) is 32.8 Å². The summed E-state index contributed by atoms with van der Waals surface area (Å²) in [6, 6.07) is 3.51. The average molecular weight is 562 g/mol. The van der Waals surface area contributed by atoms with E-state index in [-0.39, 0.29) is 24.4 Å². The lowest BCUT2D eigenvalue weighted by Crippen LogP contribution is -2.38. The SMILES string of the molecule is COCOc1cc(OCCN2CCOCC2)cc2c1C(=O)OC(C)[C@H](C)/C=C\C(O)C1OC(C)(C)OC1CC=C2. The smallest absolute Gasteiger partial charge is 0.342 e. The maximum atomic E-state index is 13.5. The van der Waals surface area contributed by atoms with Gasteiger partial charge >= 0.3 is 5.97 Å². The standard InChI is InChI=1S/C30H43NO9/c1-20-9-10-24(32)28-25(39-30(3,4)40-28)8-6-7-22-17-23(36-16-13-31-11-14-35-15-12-31)18-26(37-19-34-5)27(22)29(33)38-21(20)2/h6-7,9-10,17-18,20-21,24-25,28,32H,8,11-16,19H2,1-5H3/b7-6?,10-9-/t20-,21?,24?,25?,28?/m1/s1. The lowest BCUT2D eigenvalue weighted by Gasteiger charge is -2.26. The highest BCUT2D eigenvalue weighted by Gasteiger charge is 2.43. The van der Waals surface area contributed by atoms with E-state index in [1.165, 1.54) is 7.11 Å². The summed E-state index contributed by atoms with van der Waals surface area (Å²) in [7, 11) is 1.52. The molecule has 2 saturated heterocycles. The highest BCUT2D eigenvalue weighted by atomic mass is 16.8. The number of nitrogens with zero attached hydrogens (tertiary/aromatic N) is 1. The number of esters is 1. The fourth-order valence-electron chi connectivity index (χ4n) is 4.95. The molecule has 1 aromatic rings. The van der Waals surface area contributed by atoms with Crippen LogP contribution in [-0.4, -0.2) is 99.5 Å². The minimum absolute atomic E-state index is 0.0444. The summed E-state index contributed by atoms with van der Waals surface area (Å²) in [5.41, 5.74) is 0.872. The van der Waals surface area contributed by atoms with E-state index >= 15 is 0 Å². The molecule has 10 heteroatoms. The molecule has 0 bridgehead atoms. The number of carbonyl (C=O) groups is 1. The first-order valence-corrected chi connectivity index (χ1v) is 14.0. The first-order valence-electron chi connectivity index (χ1n) is 14.0. The van der Waals surface area contributed by atoms with Crippen molar-refractivity contribution in [1.82, 2.24) is 4.90 Å². The monoisotopic (exact) mass is 561 g/mol. The Balaban J connectivity index is 1.66. The van der Waals surface area contributed by atoms with Gasteiger partial charge in [-0.3, -0.25) is 4.90 Å². The molecule has 0 saturated carbocycles. The van der Waals surface area contributed by atoms with Gasteiger partial charge in [-0.05, 0) is 38.8 Å². The topological polar surface area (TPSA) is 105 Å². The molecule has 2 fully saturated rings. The molecule has 1 N–H and O–H groups in total. The molecule has 40 heavy (non-hydrogen) atoms. The zero-order chi connectivity index (χ0) is 28.7. The first kappa shape index (κ1) is 30.5. The van der Waals surface area contributed by atoms with Gasteiger partial charge in [-0.1, -0.05) is 31.2 Å². The predicted molar refractivity (Wildman–Crippen MR) is 148 cm³/mol.